The smallest absolute Gasteiger partial charge is 0.416 e. The number of nitrogens with one attached hydrogen (secondary N) is 1. The lowest BCUT2D eigenvalue weighted by molar-refractivity contribution is -0.137. The number of hydrogen-bond acceptors (Lipinski definition) is 3. The molecule has 5 rings (SSSR count). The van der Waals surface area contributed by atoms with Crippen molar-refractivity contribution in [1.82, 2.24) is 19.8 Å². The van der Waals surface area contributed by atoms with Gasteiger partial charge in [-0.25, -0.2) is 0 Å². The van der Waals surface area contributed by atoms with Crippen molar-refractivity contribution >= 4 is 17.3 Å². The summed E-state index contributed by atoms with van der Waals surface area (Å²) in [5, 5.41) is 4.04. The molecule has 2 atom stereocenters. The predicted molar refractivity (Wildman–Crippen MR) is 144 cm³/mol. The lowest BCUT2D eigenvalue weighted by Crippen LogP contribution is -2.29. The van der Waals surface area contributed by atoms with E-state index >= 15 is 0 Å². The van der Waals surface area contributed by atoms with Gasteiger partial charge in [-0.15, -0.1) is 0 Å². The van der Waals surface area contributed by atoms with Crippen molar-refractivity contribution in [3.8, 4) is 11.4 Å². The van der Waals surface area contributed by atoms with Gasteiger partial charge in [-0.1, -0.05) is 24.3 Å². The molecule has 4 aromatic rings. The second-order valence-electron chi connectivity index (χ2n) is 9.31. The number of ether oxygens (including phenoxy) is 1. The number of pyridine rings is 1. The van der Waals surface area contributed by atoms with Gasteiger partial charge in [0, 0.05) is 29.8 Å². The number of aromatic nitrogens is 2. The first-order valence-corrected chi connectivity index (χ1v) is 12.6. The Balaban J connectivity index is 1.60. The van der Waals surface area contributed by atoms with Crippen molar-refractivity contribution in [3.63, 3.8) is 0 Å². The number of hydrogen-bond donors (Lipinski definition) is 1. The minimum atomic E-state index is -4.42. The highest BCUT2D eigenvalue weighted by Gasteiger charge is 2.41. The van der Waals surface area contributed by atoms with Crippen LogP contribution in [0.2, 0.25) is 0 Å². The van der Waals surface area contributed by atoms with Gasteiger partial charge < -0.3 is 19.5 Å². The predicted octanol–water partition coefficient (Wildman–Crippen LogP) is 6.69. The van der Waals surface area contributed by atoms with Gasteiger partial charge in [0.25, 0.3) is 0 Å². The van der Waals surface area contributed by atoms with Gasteiger partial charge in [-0.05, 0) is 85.7 Å². The Morgan fingerprint density at radius 3 is 2.42 bits per heavy atom. The lowest BCUT2D eigenvalue weighted by Gasteiger charge is -2.28. The third kappa shape index (κ3) is 4.86. The van der Waals surface area contributed by atoms with Gasteiger partial charge in [-0.2, -0.15) is 13.2 Å². The molecule has 2 aromatic heterocycles. The second kappa shape index (κ2) is 10.1. The summed E-state index contributed by atoms with van der Waals surface area (Å²) in [6.45, 7) is 4.38. The van der Waals surface area contributed by atoms with Gasteiger partial charge in [-0.3, -0.25) is 4.98 Å². The van der Waals surface area contributed by atoms with Crippen LogP contribution in [-0.2, 0) is 12.7 Å². The Bertz CT molecular complexity index is 1450. The Hall–Kier alpha value is -3.85. The quantitative estimate of drug-likeness (QED) is 0.278. The average molecular weight is 537 g/mol. The van der Waals surface area contributed by atoms with Crippen LogP contribution in [0.3, 0.4) is 0 Å². The summed E-state index contributed by atoms with van der Waals surface area (Å²) in [5.74, 6) is 0.767. The first kappa shape index (κ1) is 25.8. The summed E-state index contributed by atoms with van der Waals surface area (Å²) in [6.07, 6.45) is -2.68. The summed E-state index contributed by atoms with van der Waals surface area (Å²) in [6, 6.07) is 20.5. The molecule has 1 aliphatic heterocycles. The maximum atomic E-state index is 13.5. The summed E-state index contributed by atoms with van der Waals surface area (Å²) >= 11 is 5.81. The minimum absolute atomic E-state index is 0.231. The van der Waals surface area contributed by atoms with Gasteiger partial charge in [0.15, 0.2) is 5.11 Å². The minimum Gasteiger partial charge on any atom is -0.497 e. The first-order valence-electron chi connectivity index (χ1n) is 12.1. The largest absolute Gasteiger partial charge is 0.497 e. The van der Waals surface area contributed by atoms with E-state index in [1.807, 2.05) is 66.9 Å². The van der Waals surface area contributed by atoms with E-state index in [9.17, 15) is 13.2 Å². The molecule has 0 aliphatic carbocycles. The van der Waals surface area contributed by atoms with E-state index in [0.29, 0.717) is 17.3 Å². The summed E-state index contributed by atoms with van der Waals surface area (Å²) in [5.41, 5.74) is 4.31. The maximum Gasteiger partial charge on any atom is 0.416 e. The third-order valence-corrected chi connectivity index (χ3v) is 7.28. The van der Waals surface area contributed by atoms with Crippen LogP contribution in [0.15, 0.2) is 79.0 Å². The van der Waals surface area contributed by atoms with E-state index in [4.69, 9.17) is 17.0 Å². The third-order valence-electron chi connectivity index (χ3n) is 6.93. The highest BCUT2D eigenvalue weighted by molar-refractivity contribution is 7.80. The van der Waals surface area contributed by atoms with Crippen LogP contribution in [0.25, 0.3) is 5.69 Å². The highest BCUT2D eigenvalue weighted by Crippen LogP contribution is 2.42. The normalized spacial score (nSPS) is 17.5. The molecule has 5 nitrogen and oxygen atoms in total. The van der Waals surface area contributed by atoms with Crippen LogP contribution in [0, 0.1) is 13.8 Å². The van der Waals surface area contributed by atoms with E-state index in [-0.39, 0.29) is 12.1 Å². The van der Waals surface area contributed by atoms with Crippen LogP contribution < -0.4 is 10.1 Å². The number of methoxy groups -OCH3 is 1. The zero-order chi connectivity index (χ0) is 27.0. The van der Waals surface area contributed by atoms with Gasteiger partial charge in [0.1, 0.15) is 5.75 Å². The molecular formula is C29H27F3N4OS. The molecule has 2 unspecified atom stereocenters. The van der Waals surface area contributed by atoms with Crippen LogP contribution in [-0.4, -0.2) is 26.7 Å². The van der Waals surface area contributed by atoms with Crippen molar-refractivity contribution in [2.24, 2.45) is 0 Å². The molecule has 0 bridgehead atoms. The van der Waals surface area contributed by atoms with E-state index < -0.39 is 11.7 Å². The standard InChI is InChI=1S/C29H27F3N4OS/c1-18-15-24(19(2)36(18)22-8-6-7-21(16-22)29(30,31)32)27-26(25-9-4-5-14-33-25)34-28(38)35(27)17-20-10-12-23(37-3)13-11-20/h4-16,26-27H,17H2,1-3H3,(H,34,38). The van der Waals surface area contributed by atoms with Crippen LogP contribution in [0.1, 0.15) is 45.9 Å². The van der Waals surface area contributed by atoms with Crippen LogP contribution in [0.5, 0.6) is 5.75 Å². The summed E-state index contributed by atoms with van der Waals surface area (Å²) in [4.78, 5) is 6.71. The molecule has 0 spiro atoms. The molecular weight excluding hydrogens is 509 g/mol. The van der Waals surface area contributed by atoms with Gasteiger partial charge in [0.05, 0.1) is 30.5 Å². The molecule has 3 heterocycles. The Morgan fingerprint density at radius 1 is 1.00 bits per heavy atom. The zero-order valence-corrected chi connectivity index (χ0v) is 22.0. The maximum absolute atomic E-state index is 13.5. The Morgan fingerprint density at radius 2 is 1.76 bits per heavy atom. The molecule has 1 N–H and O–H groups in total. The fraction of sp³-hybridized carbons (Fsp3) is 0.241. The molecule has 1 saturated heterocycles. The van der Waals surface area contributed by atoms with Crippen molar-refractivity contribution < 1.29 is 17.9 Å². The van der Waals surface area contributed by atoms with Gasteiger partial charge in [0.2, 0.25) is 0 Å². The number of aryl methyl sites for hydroxylation is 1. The number of nitrogens with zero attached hydrogens (tertiary/aromatic N) is 3. The summed E-state index contributed by atoms with van der Waals surface area (Å²) < 4.78 is 47.6. The highest BCUT2D eigenvalue weighted by atomic mass is 32.1. The van der Waals surface area contributed by atoms with Crippen LogP contribution >= 0.6 is 12.2 Å². The zero-order valence-electron chi connectivity index (χ0n) is 21.2. The second-order valence-corrected chi connectivity index (χ2v) is 9.70. The average Bonchev–Trinajstić information content (AvgIpc) is 3.39. The molecule has 0 radical (unpaired) electrons. The van der Waals surface area contributed by atoms with E-state index in [1.54, 1.807) is 19.4 Å². The molecule has 2 aromatic carbocycles. The SMILES string of the molecule is COc1ccc(CN2C(=S)NC(c3ccccn3)C2c2cc(C)n(-c3cccc(C(F)(F)F)c3)c2C)cc1. The number of alkyl halides is 3. The van der Waals surface area contributed by atoms with Crippen molar-refractivity contribution in [3.05, 3.63) is 113 Å². The molecule has 1 fully saturated rings. The Labute approximate surface area is 224 Å². The lowest BCUT2D eigenvalue weighted by atomic mass is 9.96. The molecule has 9 heteroatoms. The number of thiocarbonyl (C=S) groups is 1. The monoisotopic (exact) mass is 536 g/mol. The molecule has 0 amide bonds. The van der Waals surface area contributed by atoms with Gasteiger partial charge >= 0.3 is 6.18 Å². The molecule has 38 heavy (non-hydrogen) atoms. The van der Waals surface area contributed by atoms with E-state index in [0.717, 1.165) is 40.0 Å². The molecule has 1 aliphatic rings. The van der Waals surface area contributed by atoms with Crippen molar-refractivity contribution in [1.29, 1.82) is 0 Å². The number of rotatable bonds is 6. The number of halogens is 3. The van der Waals surface area contributed by atoms with Crippen molar-refractivity contribution in [2.45, 2.75) is 38.7 Å². The number of benzene rings is 2. The fourth-order valence-corrected chi connectivity index (χ4v) is 5.45. The summed E-state index contributed by atoms with van der Waals surface area (Å²) in [7, 11) is 1.63. The molecule has 196 valence electrons. The Kier molecular flexibility index (Phi) is 6.88. The topological polar surface area (TPSA) is 42.3 Å². The first-order chi connectivity index (χ1) is 18.2. The van der Waals surface area contributed by atoms with Crippen molar-refractivity contribution in [2.75, 3.05) is 7.11 Å². The van der Waals surface area contributed by atoms with Crippen LogP contribution in [0.4, 0.5) is 13.2 Å². The van der Waals surface area contributed by atoms with E-state index in [2.05, 4.69) is 15.2 Å². The molecule has 0 saturated carbocycles. The fourth-order valence-electron chi connectivity index (χ4n) is 5.15. The van der Waals surface area contributed by atoms with E-state index in [1.165, 1.54) is 12.1 Å².